The van der Waals surface area contributed by atoms with E-state index in [4.69, 9.17) is 0 Å². The minimum absolute atomic E-state index is 0.108. The van der Waals surface area contributed by atoms with Crippen LogP contribution in [0.15, 0.2) is 0 Å². The van der Waals surface area contributed by atoms with Crippen LogP contribution < -0.4 is 10.6 Å². The van der Waals surface area contributed by atoms with Gasteiger partial charge in [0, 0.05) is 31.1 Å². The molecule has 1 spiro atoms. The van der Waals surface area contributed by atoms with Gasteiger partial charge >= 0.3 is 0 Å². The van der Waals surface area contributed by atoms with Gasteiger partial charge in [-0.2, -0.15) is 0 Å². The van der Waals surface area contributed by atoms with Crippen LogP contribution in [0.1, 0.15) is 33.1 Å². The highest BCUT2D eigenvalue weighted by molar-refractivity contribution is 5.83. The molecule has 0 bridgehead atoms. The summed E-state index contributed by atoms with van der Waals surface area (Å²) < 4.78 is 0. The van der Waals surface area contributed by atoms with Gasteiger partial charge in [0.25, 0.3) is 0 Å². The van der Waals surface area contributed by atoms with Crippen LogP contribution in [0.2, 0.25) is 0 Å². The number of fused-ring (bicyclic) bond motifs is 2. The van der Waals surface area contributed by atoms with E-state index >= 15 is 0 Å². The summed E-state index contributed by atoms with van der Waals surface area (Å²) in [4.78, 5) is 14.8. The average molecular weight is 265 g/mol. The Morgan fingerprint density at radius 1 is 1.37 bits per heavy atom. The molecule has 19 heavy (non-hydrogen) atoms. The Balaban J connectivity index is 1.70. The first-order chi connectivity index (χ1) is 9.14. The third kappa shape index (κ3) is 2.29. The number of piperidine rings is 1. The summed E-state index contributed by atoms with van der Waals surface area (Å²) in [6.07, 6.45) is 3.45. The Morgan fingerprint density at radius 3 is 2.79 bits per heavy atom. The van der Waals surface area contributed by atoms with Crippen molar-refractivity contribution in [3.8, 4) is 0 Å². The van der Waals surface area contributed by atoms with E-state index in [2.05, 4.69) is 29.4 Å². The predicted octanol–water partition coefficient (Wildman–Crippen LogP) is 0.833. The van der Waals surface area contributed by atoms with Crippen molar-refractivity contribution in [1.82, 2.24) is 15.5 Å². The van der Waals surface area contributed by atoms with E-state index in [1.807, 2.05) is 0 Å². The Bertz CT molecular complexity index is 351. The van der Waals surface area contributed by atoms with Crippen LogP contribution in [0.5, 0.6) is 0 Å². The van der Waals surface area contributed by atoms with Crippen molar-refractivity contribution < 1.29 is 4.79 Å². The molecule has 4 heteroatoms. The fraction of sp³-hybridized carbons (Fsp3) is 0.933. The van der Waals surface area contributed by atoms with Crippen molar-refractivity contribution in [2.75, 3.05) is 32.7 Å². The highest BCUT2D eigenvalue weighted by atomic mass is 16.2. The minimum atomic E-state index is 0.108. The number of rotatable bonds is 3. The monoisotopic (exact) mass is 265 g/mol. The number of nitrogens with one attached hydrogen (secondary N) is 2. The second-order valence-corrected chi connectivity index (χ2v) is 6.84. The number of carbonyl (C=O) groups excluding carboxylic acids is 1. The van der Waals surface area contributed by atoms with Crippen molar-refractivity contribution >= 4 is 5.91 Å². The number of hydrogen-bond donors (Lipinski definition) is 2. The summed E-state index contributed by atoms with van der Waals surface area (Å²) in [6.45, 7) is 9.93. The lowest BCUT2D eigenvalue weighted by molar-refractivity contribution is -0.123. The van der Waals surface area contributed by atoms with Crippen LogP contribution in [0.4, 0.5) is 0 Å². The molecule has 1 unspecified atom stereocenters. The molecule has 3 rings (SSSR count). The molecular formula is C15H27N3O. The van der Waals surface area contributed by atoms with Crippen molar-refractivity contribution in [2.24, 2.45) is 17.8 Å². The maximum atomic E-state index is 12.3. The first kappa shape index (κ1) is 13.4. The molecule has 3 heterocycles. The smallest absolute Gasteiger partial charge is 0.225 e. The first-order valence-electron chi connectivity index (χ1n) is 7.90. The lowest BCUT2D eigenvalue weighted by atomic mass is 9.76. The molecule has 3 atom stereocenters. The summed E-state index contributed by atoms with van der Waals surface area (Å²) in [5, 5.41) is 6.77. The summed E-state index contributed by atoms with van der Waals surface area (Å²) in [5.41, 5.74) is 0.108. The molecule has 0 aromatic carbocycles. The molecule has 0 saturated carbocycles. The van der Waals surface area contributed by atoms with Crippen LogP contribution in [-0.4, -0.2) is 49.1 Å². The second-order valence-electron chi connectivity index (χ2n) is 6.84. The molecule has 0 aromatic heterocycles. The molecule has 3 saturated heterocycles. The van der Waals surface area contributed by atoms with E-state index in [-0.39, 0.29) is 11.5 Å². The molecule has 3 aliphatic rings. The molecule has 1 amide bonds. The normalized spacial score (nSPS) is 35.4. The largest absolute Gasteiger partial charge is 0.350 e. The molecule has 108 valence electrons. The van der Waals surface area contributed by atoms with Gasteiger partial charge in [0.2, 0.25) is 5.91 Å². The van der Waals surface area contributed by atoms with Crippen LogP contribution in [0.25, 0.3) is 0 Å². The predicted molar refractivity (Wildman–Crippen MR) is 75.9 cm³/mol. The standard InChI is InChI=1S/C15H27N3O/c1-3-11(2)8-18-9-12-13(10-18)15(17-14(12)19)4-6-16-7-5-15/h11-13,16H,3-10H2,1-2H3,(H,17,19)/t11?,12-,13+/m1/s1. The number of likely N-dealkylation sites (tertiary alicyclic amines) is 1. The molecule has 0 aromatic rings. The van der Waals surface area contributed by atoms with Gasteiger partial charge in [-0.15, -0.1) is 0 Å². The van der Waals surface area contributed by atoms with Crippen LogP contribution >= 0.6 is 0 Å². The van der Waals surface area contributed by atoms with Gasteiger partial charge in [-0.05, 0) is 31.8 Å². The van der Waals surface area contributed by atoms with E-state index < -0.39 is 0 Å². The lowest BCUT2D eigenvalue weighted by Crippen LogP contribution is -2.54. The zero-order chi connectivity index (χ0) is 13.5. The van der Waals surface area contributed by atoms with Gasteiger partial charge in [0.15, 0.2) is 0 Å². The third-order valence-corrected chi connectivity index (χ3v) is 5.58. The molecule has 2 N–H and O–H groups in total. The van der Waals surface area contributed by atoms with E-state index in [1.54, 1.807) is 0 Å². The maximum Gasteiger partial charge on any atom is 0.225 e. The quantitative estimate of drug-likeness (QED) is 0.794. The molecular weight excluding hydrogens is 238 g/mol. The average Bonchev–Trinajstić information content (AvgIpc) is 2.92. The minimum Gasteiger partial charge on any atom is -0.350 e. The van der Waals surface area contributed by atoms with Crippen molar-refractivity contribution in [3.63, 3.8) is 0 Å². The lowest BCUT2D eigenvalue weighted by Gasteiger charge is -2.39. The molecule has 3 aliphatic heterocycles. The Kier molecular flexibility index (Phi) is 3.56. The van der Waals surface area contributed by atoms with Crippen LogP contribution in [-0.2, 0) is 4.79 Å². The Morgan fingerprint density at radius 2 is 2.11 bits per heavy atom. The van der Waals surface area contributed by atoms with Gasteiger partial charge in [-0.25, -0.2) is 0 Å². The third-order valence-electron chi connectivity index (χ3n) is 5.58. The number of carbonyl (C=O) groups is 1. The number of hydrogen-bond acceptors (Lipinski definition) is 3. The van der Waals surface area contributed by atoms with Gasteiger partial charge < -0.3 is 15.5 Å². The molecule has 4 nitrogen and oxygen atoms in total. The zero-order valence-electron chi connectivity index (χ0n) is 12.2. The van der Waals surface area contributed by atoms with Crippen molar-refractivity contribution in [3.05, 3.63) is 0 Å². The topological polar surface area (TPSA) is 44.4 Å². The fourth-order valence-electron chi connectivity index (χ4n) is 4.23. The van der Waals surface area contributed by atoms with E-state index in [0.717, 1.165) is 51.5 Å². The summed E-state index contributed by atoms with van der Waals surface area (Å²) in [5.74, 6) is 1.86. The maximum absolute atomic E-state index is 12.3. The second kappa shape index (κ2) is 5.06. The van der Waals surface area contributed by atoms with E-state index in [9.17, 15) is 4.79 Å². The van der Waals surface area contributed by atoms with Gasteiger partial charge in [-0.3, -0.25) is 4.79 Å². The van der Waals surface area contributed by atoms with Crippen molar-refractivity contribution in [1.29, 1.82) is 0 Å². The van der Waals surface area contributed by atoms with Crippen LogP contribution in [0.3, 0.4) is 0 Å². The Hall–Kier alpha value is -0.610. The molecule has 0 radical (unpaired) electrons. The number of amides is 1. The van der Waals surface area contributed by atoms with Crippen molar-refractivity contribution in [2.45, 2.75) is 38.6 Å². The Labute approximate surface area is 116 Å². The number of nitrogens with zero attached hydrogens (tertiary/aromatic N) is 1. The summed E-state index contributed by atoms with van der Waals surface area (Å²) >= 11 is 0. The molecule has 3 fully saturated rings. The van der Waals surface area contributed by atoms with E-state index in [1.165, 1.54) is 6.42 Å². The summed E-state index contributed by atoms with van der Waals surface area (Å²) in [7, 11) is 0. The summed E-state index contributed by atoms with van der Waals surface area (Å²) in [6, 6.07) is 0. The zero-order valence-corrected chi connectivity index (χ0v) is 12.2. The van der Waals surface area contributed by atoms with Gasteiger partial charge in [0.1, 0.15) is 0 Å². The SMILES string of the molecule is CCC(C)CN1C[C@H]2C(=O)NC3(CCNCC3)[C@H]2C1. The highest BCUT2D eigenvalue weighted by Crippen LogP contribution is 2.43. The highest BCUT2D eigenvalue weighted by Gasteiger charge is 2.56. The first-order valence-corrected chi connectivity index (χ1v) is 7.90. The van der Waals surface area contributed by atoms with Gasteiger partial charge in [0.05, 0.1) is 5.92 Å². The molecule has 0 aliphatic carbocycles. The fourth-order valence-corrected chi connectivity index (χ4v) is 4.23. The van der Waals surface area contributed by atoms with Gasteiger partial charge in [-0.1, -0.05) is 20.3 Å². The van der Waals surface area contributed by atoms with Crippen LogP contribution in [0, 0.1) is 17.8 Å². The van der Waals surface area contributed by atoms with E-state index in [0.29, 0.717) is 11.8 Å².